The highest BCUT2D eigenvalue weighted by atomic mass is 35.5. The van der Waals surface area contributed by atoms with Crippen molar-refractivity contribution in [1.29, 1.82) is 0 Å². The van der Waals surface area contributed by atoms with E-state index in [-0.39, 0.29) is 24.1 Å². The summed E-state index contributed by atoms with van der Waals surface area (Å²) in [6.07, 6.45) is 3.80. The maximum absolute atomic E-state index is 13.5. The number of carbonyl (C=O) groups excluding carboxylic acids is 1. The summed E-state index contributed by atoms with van der Waals surface area (Å²) < 4.78 is 7.59. The van der Waals surface area contributed by atoms with Crippen LogP contribution < -0.4 is 0 Å². The molecule has 8 heteroatoms. The predicted octanol–water partition coefficient (Wildman–Crippen LogP) is 7.45. The molecule has 0 amide bonds. The van der Waals surface area contributed by atoms with Crippen LogP contribution in [-0.2, 0) is 11.3 Å². The molecule has 180 valence electrons. The smallest absolute Gasteiger partial charge is 0.340 e. The van der Waals surface area contributed by atoms with E-state index in [1.807, 2.05) is 52.9 Å². The molecule has 1 fully saturated rings. The summed E-state index contributed by atoms with van der Waals surface area (Å²) in [4.78, 5) is 18.2. The summed E-state index contributed by atoms with van der Waals surface area (Å²) in [6, 6.07) is 14.8. The Morgan fingerprint density at radius 2 is 1.91 bits per heavy atom. The van der Waals surface area contributed by atoms with Crippen LogP contribution in [0.1, 0.15) is 40.5 Å². The van der Waals surface area contributed by atoms with Crippen molar-refractivity contribution in [2.24, 2.45) is 0 Å². The van der Waals surface area contributed by atoms with Crippen LogP contribution in [0.5, 0.6) is 5.88 Å². The van der Waals surface area contributed by atoms with Crippen molar-refractivity contribution in [3.05, 3.63) is 81.6 Å². The lowest BCUT2D eigenvalue weighted by atomic mass is 9.95. The summed E-state index contributed by atoms with van der Waals surface area (Å²) in [5.74, 6) is 1.64. The number of aryl methyl sites for hydroxylation is 1. The van der Waals surface area contributed by atoms with Gasteiger partial charge in [0.15, 0.2) is 0 Å². The van der Waals surface area contributed by atoms with Crippen LogP contribution in [0.2, 0.25) is 10.0 Å². The molecule has 2 aromatic heterocycles. The summed E-state index contributed by atoms with van der Waals surface area (Å²) in [6.45, 7) is 1.90. The zero-order valence-corrected chi connectivity index (χ0v) is 21.5. The number of benzene rings is 2. The Balaban J connectivity index is 1.68. The monoisotopic (exact) mass is 526 g/mol. The molecule has 1 saturated heterocycles. The lowest BCUT2D eigenvalue weighted by molar-refractivity contribution is 0.0472. The minimum Gasteiger partial charge on any atom is -0.494 e. The first kappa shape index (κ1) is 24.0. The third kappa shape index (κ3) is 4.75. The molecule has 2 aromatic carbocycles. The molecule has 5 nitrogen and oxygen atoms in total. The first-order valence-corrected chi connectivity index (χ1v) is 13.3. The van der Waals surface area contributed by atoms with E-state index < -0.39 is 5.97 Å². The van der Waals surface area contributed by atoms with Crippen LogP contribution in [0.4, 0.5) is 0 Å². The maximum Gasteiger partial charge on any atom is 0.340 e. The number of pyridine rings is 1. The van der Waals surface area contributed by atoms with Gasteiger partial charge in [0.05, 0.1) is 22.2 Å². The highest BCUT2D eigenvalue weighted by Gasteiger charge is 2.28. The van der Waals surface area contributed by atoms with Crippen molar-refractivity contribution in [2.45, 2.75) is 32.4 Å². The van der Waals surface area contributed by atoms with E-state index in [4.69, 9.17) is 32.9 Å². The number of aromatic nitrogens is 2. The molecule has 1 aliphatic rings. The molecule has 4 aromatic rings. The topological polar surface area (TPSA) is 64.3 Å². The number of hydrogen-bond donors (Lipinski definition) is 1. The Labute approximate surface area is 218 Å². The van der Waals surface area contributed by atoms with Gasteiger partial charge in [-0.15, -0.1) is 0 Å². The first-order chi connectivity index (χ1) is 16.9. The molecule has 35 heavy (non-hydrogen) atoms. The average Bonchev–Trinajstić information content (AvgIpc) is 3.19. The van der Waals surface area contributed by atoms with Crippen molar-refractivity contribution >= 4 is 51.8 Å². The number of halogens is 2. The van der Waals surface area contributed by atoms with Crippen LogP contribution in [0.25, 0.3) is 22.0 Å². The van der Waals surface area contributed by atoms with Crippen LogP contribution in [0.3, 0.4) is 0 Å². The second kappa shape index (κ2) is 10.1. The van der Waals surface area contributed by atoms with Gasteiger partial charge in [-0.3, -0.25) is 4.98 Å². The van der Waals surface area contributed by atoms with Crippen molar-refractivity contribution < 1.29 is 14.6 Å². The molecular weight excluding hydrogens is 503 g/mol. The molecule has 0 unspecified atom stereocenters. The van der Waals surface area contributed by atoms with Crippen molar-refractivity contribution in [3.63, 3.8) is 0 Å². The fourth-order valence-electron chi connectivity index (χ4n) is 4.62. The summed E-state index contributed by atoms with van der Waals surface area (Å²) in [5.41, 5.74) is 3.37. The van der Waals surface area contributed by atoms with Gasteiger partial charge >= 0.3 is 5.97 Å². The molecule has 0 saturated carbocycles. The number of aromatic hydroxyl groups is 1. The Morgan fingerprint density at radius 3 is 2.63 bits per heavy atom. The van der Waals surface area contributed by atoms with Gasteiger partial charge < -0.3 is 14.4 Å². The summed E-state index contributed by atoms with van der Waals surface area (Å²) in [5, 5.41) is 12.8. The number of rotatable bonds is 5. The molecular formula is C27H24Cl2N2O3S. The van der Waals surface area contributed by atoms with E-state index in [2.05, 4.69) is 0 Å². The van der Waals surface area contributed by atoms with E-state index in [0.29, 0.717) is 37.8 Å². The standard InChI is InChI=1S/C27H24Cl2N2O3S/c1-16-23(27(33)34-15-17-5-3-2-4-6-17)24(20-8-7-18(28)13-21(20)29)25-22(30-16)14-31(26(25)32)19-9-11-35-12-10-19/h2-8,13-14,19,32H,9-12,15H2,1H3. The highest BCUT2D eigenvalue weighted by Crippen LogP contribution is 2.44. The molecule has 0 aliphatic carbocycles. The minimum atomic E-state index is -0.525. The summed E-state index contributed by atoms with van der Waals surface area (Å²) >= 11 is 14.7. The van der Waals surface area contributed by atoms with E-state index in [9.17, 15) is 9.90 Å². The Kier molecular flexibility index (Phi) is 6.96. The van der Waals surface area contributed by atoms with Crippen LogP contribution in [0.15, 0.2) is 54.7 Å². The van der Waals surface area contributed by atoms with Crippen molar-refractivity contribution in [1.82, 2.24) is 9.55 Å². The number of thioether (sulfide) groups is 1. The molecule has 5 rings (SSSR count). The maximum atomic E-state index is 13.5. The van der Waals surface area contributed by atoms with Gasteiger partial charge in [-0.2, -0.15) is 11.8 Å². The number of hydrogen-bond acceptors (Lipinski definition) is 5. The number of fused-ring (bicyclic) bond motifs is 1. The quantitative estimate of drug-likeness (QED) is 0.273. The first-order valence-electron chi connectivity index (χ1n) is 11.4. The van der Waals surface area contributed by atoms with E-state index in [0.717, 1.165) is 29.9 Å². The zero-order valence-electron chi connectivity index (χ0n) is 19.1. The Bertz CT molecular complexity index is 1400. The van der Waals surface area contributed by atoms with Gasteiger partial charge in [-0.05, 0) is 49.0 Å². The van der Waals surface area contributed by atoms with Gasteiger partial charge in [0.25, 0.3) is 0 Å². The molecule has 0 radical (unpaired) electrons. The zero-order chi connectivity index (χ0) is 24.5. The predicted molar refractivity (Wildman–Crippen MR) is 143 cm³/mol. The fraction of sp³-hybridized carbons (Fsp3) is 0.259. The number of ether oxygens (including phenoxy) is 1. The van der Waals surface area contributed by atoms with Crippen LogP contribution in [0, 0.1) is 6.92 Å². The molecule has 0 atom stereocenters. The number of nitrogens with zero attached hydrogens (tertiary/aromatic N) is 2. The minimum absolute atomic E-state index is 0.0857. The average molecular weight is 527 g/mol. The van der Waals surface area contributed by atoms with Gasteiger partial charge in [0, 0.05) is 33.4 Å². The normalized spacial score (nSPS) is 14.4. The molecule has 0 spiro atoms. The third-order valence-corrected chi connectivity index (χ3v) is 7.93. The van der Waals surface area contributed by atoms with Crippen LogP contribution >= 0.6 is 35.0 Å². The molecule has 1 N–H and O–H groups in total. The number of esters is 1. The lowest BCUT2D eigenvalue weighted by Gasteiger charge is -2.23. The highest BCUT2D eigenvalue weighted by molar-refractivity contribution is 7.99. The van der Waals surface area contributed by atoms with E-state index in [1.54, 1.807) is 25.1 Å². The Morgan fingerprint density at radius 1 is 1.17 bits per heavy atom. The van der Waals surface area contributed by atoms with Gasteiger partial charge in [-0.1, -0.05) is 59.6 Å². The molecule has 3 heterocycles. The lowest BCUT2D eigenvalue weighted by Crippen LogP contribution is -2.13. The molecule has 0 bridgehead atoms. The number of carbonyl (C=O) groups is 1. The largest absolute Gasteiger partial charge is 0.494 e. The second-order valence-corrected chi connectivity index (χ2v) is 10.7. The van der Waals surface area contributed by atoms with Gasteiger partial charge in [0.2, 0.25) is 5.88 Å². The van der Waals surface area contributed by atoms with Crippen LogP contribution in [-0.4, -0.2) is 32.1 Å². The SMILES string of the molecule is Cc1nc2cn(C3CCSCC3)c(O)c2c(-c2ccc(Cl)cc2Cl)c1C(=O)OCc1ccccc1. The fourth-order valence-corrected chi connectivity index (χ4v) is 6.20. The van der Waals surface area contributed by atoms with E-state index in [1.165, 1.54) is 0 Å². The summed E-state index contributed by atoms with van der Waals surface area (Å²) in [7, 11) is 0. The van der Waals surface area contributed by atoms with E-state index >= 15 is 0 Å². The molecule has 1 aliphatic heterocycles. The van der Waals surface area contributed by atoms with Crippen molar-refractivity contribution in [3.8, 4) is 17.0 Å². The second-order valence-electron chi connectivity index (χ2n) is 8.60. The third-order valence-electron chi connectivity index (χ3n) is 6.34. The van der Waals surface area contributed by atoms with Gasteiger partial charge in [0.1, 0.15) is 6.61 Å². The van der Waals surface area contributed by atoms with Gasteiger partial charge in [-0.25, -0.2) is 4.79 Å². The Hall–Kier alpha value is -2.67. The van der Waals surface area contributed by atoms with Crippen molar-refractivity contribution in [2.75, 3.05) is 11.5 Å².